The lowest BCUT2D eigenvalue weighted by Crippen LogP contribution is -2.37. The van der Waals surface area contributed by atoms with Crippen molar-refractivity contribution in [3.63, 3.8) is 0 Å². The first-order valence-electron chi connectivity index (χ1n) is 7.76. The zero-order chi connectivity index (χ0) is 18.8. The molecule has 0 unspecified atom stereocenters. The smallest absolute Gasteiger partial charge is 0.331 e. The lowest BCUT2D eigenvalue weighted by atomic mass is 10.2. The molecule has 1 aliphatic rings. The number of fused-ring (bicyclic) bond motifs is 1. The topological polar surface area (TPSA) is 105 Å². The summed E-state index contributed by atoms with van der Waals surface area (Å²) in [5.41, 5.74) is 0.401. The fraction of sp³-hybridized carbons (Fsp3) is 0.438. The molecule has 1 aliphatic heterocycles. The maximum absolute atomic E-state index is 12.0. The predicted molar refractivity (Wildman–Crippen MR) is 91.6 cm³/mol. The first kappa shape index (κ1) is 18.9. The number of amidine groups is 1. The average molecular weight is 367 g/mol. The number of nitrogens with zero attached hydrogens (tertiary/aromatic N) is 2. The second kappa shape index (κ2) is 7.22. The van der Waals surface area contributed by atoms with Crippen LogP contribution in [0.25, 0.3) is 0 Å². The van der Waals surface area contributed by atoms with Crippen molar-refractivity contribution in [1.82, 2.24) is 9.62 Å². The summed E-state index contributed by atoms with van der Waals surface area (Å²) in [7, 11) is -2.05. The molecule has 0 fully saturated rings. The minimum atomic E-state index is -3.67. The van der Waals surface area contributed by atoms with Crippen molar-refractivity contribution in [3.8, 4) is 0 Å². The quantitative estimate of drug-likeness (QED) is 0.764. The fourth-order valence-electron chi connectivity index (χ4n) is 2.12. The molecule has 0 saturated heterocycles. The molecule has 0 bridgehead atoms. The summed E-state index contributed by atoms with van der Waals surface area (Å²) in [5.74, 6) is -0.942. The highest BCUT2D eigenvalue weighted by atomic mass is 32.2. The molecule has 1 heterocycles. The van der Waals surface area contributed by atoms with Crippen LogP contribution in [0.15, 0.2) is 34.2 Å². The number of aliphatic imine (C=N–C) groups is 1. The molecular weight excluding hydrogens is 346 g/mol. The van der Waals surface area contributed by atoms with E-state index < -0.39 is 22.0 Å². The third-order valence-electron chi connectivity index (χ3n) is 3.83. The molecule has 1 amide bonds. The van der Waals surface area contributed by atoms with E-state index in [2.05, 4.69) is 9.71 Å². The van der Waals surface area contributed by atoms with Crippen LogP contribution in [0.5, 0.6) is 0 Å². The lowest BCUT2D eigenvalue weighted by molar-refractivity contribution is -0.152. The maximum atomic E-state index is 12.0. The van der Waals surface area contributed by atoms with Gasteiger partial charge in [0.2, 0.25) is 0 Å². The van der Waals surface area contributed by atoms with Gasteiger partial charge in [-0.25, -0.2) is 13.2 Å². The molecule has 8 nitrogen and oxygen atoms in total. The Bertz CT molecular complexity index is 817. The summed E-state index contributed by atoms with van der Waals surface area (Å²) in [6, 6.07) is 5.39. The number of rotatable bonds is 5. The maximum Gasteiger partial charge on any atom is 0.331 e. The van der Waals surface area contributed by atoms with Crippen LogP contribution in [0, 0.1) is 0 Å². The molecule has 136 valence electrons. The molecule has 2 rings (SSSR count). The van der Waals surface area contributed by atoms with E-state index in [-0.39, 0.29) is 29.3 Å². The molecular formula is C16H21N3O5S. The molecule has 1 atom stereocenters. The summed E-state index contributed by atoms with van der Waals surface area (Å²) in [5, 5.41) is 0. The standard InChI is InChI=1S/C16H21N3O5S/c1-10(2)19(4)14(20)9-24-16(21)11(3)17-15-12-7-5-6-8-13(12)25(22,23)18-15/h5-8,10-11H,9H2,1-4H3,(H,17,18)/t11-/m0/s1. The highest BCUT2D eigenvalue weighted by Crippen LogP contribution is 2.22. The van der Waals surface area contributed by atoms with Crippen molar-refractivity contribution in [2.45, 2.75) is 37.8 Å². The number of sulfonamides is 1. The van der Waals surface area contributed by atoms with E-state index >= 15 is 0 Å². The van der Waals surface area contributed by atoms with Crippen LogP contribution in [0.1, 0.15) is 26.3 Å². The second-order valence-corrected chi connectivity index (χ2v) is 7.61. The number of nitrogens with one attached hydrogen (secondary N) is 1. The minimum Gasteiger partial charge on any atom is -0.454 e. The molecule has 1 N–H and O–H groups in total. The fourth-order valence-corrected chi connectivity index (χ4v) is 3.36. The molecule has 25 heavy (non-hydrogen) atoms. The molecule has 0 radical (unpaired) electrons. The number of likely N-dealkylation sites (N-methyl/N-ethyl adjacent to an activating group) is 1. The van der Waals surface area contributed by atoms with Crippen molar-refractivity contribution < 1.29 is 22.7 Å². The number of ether oxygens (including phenoxy) is 1. The SMILES string of the molecule is CC(C)N(C)C(=O)COC(=O)[C@H](C)N=C1NS(=O)(=O)c2ccccc21. The Hall–Kier alpha value is -2.42. The van der Waals surface area contributed by atoms with Crippen LogP contribution in [-0.2, 0) is 24.3 Å². The van der Waals surface area contributed by atoms with E-state index in [9.17, 15) is 18.0 Å². The average Bonchev–Trinajstić information content (AvgIpc) is 2.82. The number of carbonyl (C=O) groups excluding carboxylic acids is 2. The highest BCUT2D eigenvalue weighted by molar-refractivity contribution is 7.90. The molecule has 0 aliphatic carbocycles. The van der Waals surface area contributed by atoms with E-state index in [0.29, 0.717) is 5.56 Å². The first-order chi connectivity index (χ1) is 11.6. The van der Waals surface area contributed by atoms with Crippen LogP contribution < -0.4 is 4.72 Å². The number of benzene rings is 1. The van der Waals surface area contributed by atoms with Gasteiger partial charge in [0.05, 0.1) is 4.90 Å². The Kier molecular flexibility index (Phi) is 5.46. The Balaban J connectivity index is 2.07. The zero-order valence-corrected chi connectivity index (χ0v) is 15.3. The van der Waals surface area contributed by atoms with Crippen molar-refractivity contribution in [3.05, 3.63) is 29.8 Å². The number of amides is 1. The van der Waals surface area contributed by atoms with Gasteiger partial charge in [-0.3, -0.25) is 14.5 Å². The van der Waals surface area contributed by atoms with E-state index in [1.807, 2.05) is 13.8 Å². The Labute approximate surface area is 146 Å². The molecule has 0 aromatic heterocycles. The largest absolute Gasteiger partial charge is 0.454 e. The van der Waals surface area contributed by atoms with Crippen LogP contribution in [0.4, 0.5) is 0 Å². The van der Waals surface area contributed by atoms with Crippen molar-refractivity contribution in [1.29, 1.82) is 0 Å². The van der Waals surface area contributed by atoms with Crippen molar-refractivity contribution in [2.75, 3.05) is 13.7 Å². The van der Waals surface area contributed by atoms with Gasteiger partial charge < -0.3 is 9.64 Å². The molecule has 0 saturated carbocycles. The van der Waals surface area contributed by atoms with Gasteiger partial charge in [-0.1, -0.05) is 12.1 Å². The summed E-state index contributed by atoms with van der Waals surface area (Å²) in [6.07, 6.45) is 0. The van der Waals surface area contributed by atoms with Gasteiger partial charge >= 0.3 is 5.97 Å². The number of carbonyl (C=O) groups is 2. The molecule has 1 aromatic carbocycles. The summed E-state index contributed by atoms with van der Waals surface area (Å²) in [4.78, 5) is 29.5. The minimum absolute atomic E-state index is 0.00624. The number of hydrogen-bond donors (Lipinski definition) is 1. The van der Waals surface area contributed by atoms with E-state index in [1.165, 1.54) is 17.9 Å². The van der Waals surface area contributed by atoms with Crippen molar-refractivity contribution in [2.24, 2.45) is 4.99 Å². The molecule has 9 heteroatoms. The second-order valence-electron chi connectivity index (χ2n) is 5.96. The predicted octanol–water partition coefficient (Wildman–Crippen LogP) is 0.524. The van der Waals surface area contributed by atoms with Crippen LogP contribution in [0.2, 0.25) is 0 Å². The van der Waals surface area contributed by atoms with Gasteiger partial charge in [-0.05, 0) is 32.9 Å². The van der Waals surface area contributed by atoms with Gasteiger partial charge in [-0.2, -0.15) is 0 Å². The summed E-state index contributed by atoms with van der Waals surface area (Å²) in [6.45, 7) is 4.78. The van der Waals surface area contributed by atoms with Gasteiger partial charge in [0.15, 0.2) is 6.61 Å². The third-order valence-corrected chi connectivity index (χ3v) is 5.23. The molecule has 1 aromatic rings. The van der Waals surface area contributed by atoms with Crippen LogP contribution in [0.3, 0.4) is 0 Å². The van der Waals surface area contributed by atoms with Gasteiger partial charge in [-0.15, -0.1) is 0 Å². The lowest BCUT2D eigenvalue weighted by Gasteiger charge is -2.21. The normalized spacial score (nSPS) is 17.7. The highest BCUT2D eigenvalue weighted by Gasteiger charge is 2.31. The van der Waals surface area contributed by atoms with E-state index in [4.69, 9.17) is 4.74 Å². The third kappa shape index (κ3) is 4.16. The summed E-state index contributed by atoms with van der Waals surface area (Å²) >= 11 is 0. The van der Waals surface area contributed by atoms with Crippen LogP contribution >= 0.6 is 0 Å². The van der Waals surface area contributed by atoms with Gasteiger partial charge in [0.25, 0.3) is 15.9 Å². The van der Waals surface area contributed by atoms with E-state index in [1.54, 1.807) is 25.2 Å². The monoisotopic (exact) mass is 367 g/mol. The number of hydrogen-bond acceptors (Lipinski definition) is 6. The Morgan fingerprint density at radius 1 is 1.24 bits per heavy atom. The Morgan fingerprint density at radius 3 is 2.52 bits per heavy atom. The Morgan fingerprint density at radius 2 is 1.88 bits per heavy atom. The number of esters is 1. The van der Waals surface area contributed by atoms with E-state index in [0.717, 1.165) is 0 Å². The zero-order valence-electron chi connectivity index (χ0n) is 14.5. The van der Waals surface area contributed by atoms with Gasteiger partial charge in [0.1, 0.15) is 11.9 Å². The van der Waals surface area contributed by atoms with Crippen LogP contribution in [-0.4, -0.2) is 56.8 Å². The summed E-state index contributed by atoms with van der Waals surface area (Å²) < 4.78 is 31.3. The van der Waals surface area contributed by atoms with Gasteiger partial charge in [0, 0.05) is 18.7 Å². The molecule has 0 spiro atoms. The first-order valence-corrected chi connectivity index (χ1v) is 9.24. The van der Waals surface area contributed by atoms with Crippen molar-refractivity contribution >= 4 is 27.7 Å².